The summed E-state index contributed by atoms with van der Waals surface area (Å²) < 4.78 is 25.0. The fourth-order valence-electron chi connectivity index (χ4n) is 4.68. The lowest BCUT2D eigenvalue weighted by Gasteiger charge is -2.43. The third-order valence-electron chi connectivity index (χ3n) is 6.15. The monoisotopic (exact) mass is 387 g/mol. The Balaban J connectivity index is 1.31. The largest absolute Gasteiger partial charge is 0.356 e. The van der Waals surface area contributed by atoms with Gasteiger partial charge in [0, 0.05) is 19.3 Å². The molecule has 0 amide bonds. The quantitative estimate of drug-likeness (QED) is 0.817. The van der Waals surface area contributed by atoms with E-state index in [9.17, 15) is 8.42 Å². The Kier molecular flexibility index (Phi) is 4.38. The van der Waals surface area contributed by atoms with Crippen LogP contribution >= 0.6 is 0 Å². The van der Waals surface area contributed by atoms with Crippen LogP contribution in [0.4, 0.5) is 5.82 Å². The average molecular weight is 388 g/mol. The summed E-state index contributed by atoms with van der Waals surface area (Å²) in [4.78, 5) is 13.9. The van der Waals surface area contributed by atoms with Crippen molar-refractivity contribution in [3.05, 3.63) is 18.6 Å². The van der Waals surface area contributed by atoms with Gasteiger partial charge in [-0.05, 0) is 50.5 Å². The Hall–Kier alpha value is -2.14. The Morgan fingerprint density at radius 3 is 2.70 bits per heavy atom. The van der Waals surface area contributed by atoms with Gasteiger partial charge in [0.1, 0.15) is 17.8 Å². The van der Waals surface area contributed by atoms with Crippen LogP contribution in [0.15, 0.2) is 18.6 Å². The van der Waals surface area contributed by atoms with Crippen molar-refractivity contribution < 1.29 is 8.42 Å². The van der Waals surface area contributed by atoms with E-state index in [4.69, 9.17) is 5.26 Å². The summed E-state index contributed by atoms with van der Waals surface area (Å²) in [5, 5.41) is 10.1. The van der Waals surface area contributed by atoms with Crippen molar-refractivity contribution in [3.63, 3.8) is 0 Å². The van der Waals surface area contributed by atoms with E-state index in [1.165, 1.54) is 0 Å². The molecular formula is C19H25N5O2S. The summed E-state index contributed by atoms with van der Waals surface area (Å²) in [5.41, 5.74) is 0.501. The van der Waals surface area contributed by atoms with E-state index < -0.39 is 9.84 Å². The van der Waals surface area contributed by atoms with Crippen molar-refractivity contribution in [3.8, 4) is 6.07 Å². The second-order valence-electron chi connectivity index (χ2n) is 8.56. The maximum Gasteiger partial charge on any atom is 0.150 e. The highest BCUT2D eigenvalue weighted by Crippen LogP contribution is 2.45. The molecular weight excluding hydrogens is 362 g/mol. The van der Waals surface area contributed by atoms with Gasteiger partial charge in [-0.1, -0.05) is 0 Å². The van der Waals surface area contributed by atoms with Crippen LogP contribution in [-0.4, -0.2) is 48.0 Å². The lowest BCUT2D eigenvalue weighted by Crippen LogP contribution is -2.46. The van der Waals surface area contributed by atoms with Gasteiger partial charge in [-0.3, -0.25) is 0 Å². The number of aromatic nitrogens is 3. The van der Waals surface area contributed by atoms with Gasteiger partial charge >= 0.3 is 0 Å². The molecule has 0 saturated heterocycles. The molecule has 7 nitrogen and oxygen atoms in total. The minimum absolute atomic E-state index is 0.154. The molecule has 0 unspecified atom stereocenters. The average Bonchev–Trinajstić information content (AvgIpc) is 3.04. The Bertz CT molecular complexity index is 981. The summed E-state index contributed by atoms with van der Waals surface area (Å²) >= 11 is 0. The van der Waals surface area contributed by atoms with Crippen molar-refractivity contribution in [2.24, 2.45) is 17.3 Å². The van der Waals surface area contributed by atoms with E-state index in [0.717, 1.165) is 29.7 Å². The first-order valence-corrected chi connectivity index (χ1v) is 11.2. The van der Waals surface area contributed by atoms with Gasteiger partial charge in [-0.15, -0.1) is 0 Å². The number of hydrogen-bond acceptors (Lipinski definition) is 6. The summed E-state index contributed by atoms with van der Waals surface area (Å²) in [7, 11) is -1.04. The second kappa shape index (κ2) is 6.48. The van der Waals surface area contributed by atoms with Gasteiger partial charge in [-0.2, -0.15) is 5.26 Å². The molecule has 2 aromatic rings. The Morgan fingerprint density at radius 1 is 1.30 bits per heavy atom. The molecule has 0 atom stereocenters. The maximum absolute atomic E-state index is 12.5. The highest BCUT2D eigenvalue weighted by atomic mass is 32.2. The van der Waals surface area contributed by atoms with E-state index in [-0.39, 0.29) is 28.8 Å². The van der Waals surface area contributed by atoms with Crippen LogP contribution in [0.3, 0.4) is 0 Å². The van der Waals surface area contributed by atoms with Crippen molar-refractivity contribution in [1.29, 1.82) is 5.26 Å². The summed E-state index contributed by atoms with van der Waals surface area (Å²) in [6, 6.07) is 4.56. The molecule has 0 radical (unpaired) electrons. The first-order valence-electron chi connectivity index (χ1n) is 9.41. The predicted molar refractivity (Wildman–Crippen MR) is 104 cm³/mol. The number of nitrogens with zero attached hydrogens (tertiary/aromatic N) is 4. The zero-order valence-electron chi connectivity index (χ0n) is 15.7. The fourth-order valence-corrected chi connectivity index (χ4v) is 6.76. The molecule has 8 heteroatoms. The molecule has 2 saturated carbocycles. The minimum atomic E-state index is -3.06. The number of H-pyrrole nitrogens is 1. The molecule has 0 aliphatic heterocycles. The lowest BCUT2D eigenvalue weighted by atomic mass is 9.65. The van der Waals surface area contributed by atoms with Crippen LogP contribution in [0.25, 0.3) is 11.0 Å². The number of sulfone groups is 1. The fraction of sp³-hybridized carbons (Fsp3) is 0.632. The highest BCUT2D eigenvalue weighted by Gasteiger charge is 2.43. The number of hydrogen-bond donors (Lipinski definition) is 1. The molecule has 2 aliphatic rings. The molecule has 4 rings (SSSR count). The molecule has 2 heterocycles. The number of nitriles is 1. The zero-order valence-corrected chi connectivity index (χ0v) is 16.5. The smallest absolute Gasteiger partial charge is 0.150 e. The van der Waals surface area contributed by atoms with E-state index in [2.05, 4.69) is 25.9 Å². The van der Waals surface area contributed by atoms with Crippen LogP contribution in [0, 0.1) is 28.6 Å². The van der Waals surface area contributed by atoms with Crippen LogP contribution in [0.2, 0.25) is 0 Å². The number of nitrogens with one attached hydrogen (secondary N) is 1. The maximum atomic E-state index is 12.5. The van der Waals surface area contributed by atoms with Gasteiger partial charge in [0.15, 0.2) is 9.84 Å². The first kappa shape index (κ1) is 18.2. The molecule has 2 fully saturated rings. The van der Waals surface area contributed by atoms with E-state index in [1.807, 2.05) is 26.2 Å². The molecule has 2 aromatic heterocycles. The SMILES string of the molecule is CN(c1ncnc2[nH]ccc12)C1CC(CS(=O)(=O)CC2CC(C)(C#N)C2)C1. The van der Waals surface area contributed by atoms with Crippen molar-refractivity contribution in [1.82, 2.24) is 15.0 Å². The Morgan fingerprint density at radius 2 is 2.00 bits per heavy atom. The number of aromatic amines is 1. The summed E-state index contributed by atoms with van der Waals surface area (Å²) in [6.07, 6.45) is 6.56. The van der Waals surface area contributed by atoms with Gasteiger partial charge in [0.25, 0.3) is 0 Å². The van der Waals surface area contributed by atoms with Gasteiger partial charge in [-0.25, -0.2) is 18.4 Å². The normalized spacial score (nSPS) is 30.3. The predicted octanol–water partition coefficient (Wildman–Crippen LogP) is 2.53. The van der Waals surface area contributed by atoms with Crippen molar-refractivity contribution >= 4 is 26.7 Å². The summed E-state index contributed by atoms with van der Waals surface area (Å²) in [6.45, 7) is 1.91. The highest BCUT2D eigenvalue weighted by molar-refractivity contribution is 7.91. The minimum Gasteiger partial charge on any atom is -0.356 e. The lowest BCUT2D eigenvalue weighted by molar-refractivity contribution is 0.156. The molecule has 0 spiro atoms. The first-order chi connectivity index (χ1) is 12.8. The number of rotatable bonds is 6. The standard InChI is InChI=1S/C19H25N5O2S/c1-19(11-20)7-14(8-19)10-27(25,26)9-13-5-15(6-13)24(2)18-16-3-4-21-17(16)22-12-23-18/h3-4,12-15H,5-10H2,1-2H3,(H,21,22,23). The van der Waals surface area contributed by atoms with Gasteiger partial charge < -0.3 is 9.88 Å². The van der Waals surface area contributed by atoms with E-state index >= 15 is 0 Å². The molecule has 0 aromatic carbocycles. The van der Waals surface area contributed by atoms with Gasteiger partial charge in [0.05, 0.1) is 28.4 Å². The summed E-state index contributed by atoms with van der Waals surface area (Å²) in [5.74, 6) is 1.75. The van der Waals surface area contributed by atoms with Crippen LogP contribution in [0.1, 0.15) is 32.6 Å². The van der Waals surface area contributed by atoms with E-state index in [0.29, 0.717) is 18.9 Å². The van der Waals surface area contributed by atoms with Crippen LogP contribution in [0.5, 0.6) is 0 Å². The van der Waals surface area contributed by atoms with E-state index in [1.54, 1.807) is 6.33 Å². The third-order valence-corrected chi connectivity index (χ3v) is 8.11. The number of fused-ring (bicyclic) bond motifs is 1. The zero-order chi connectivity index (χ0) is 19.2. The van der Waals surface area contributed by atoms with Crippen LogP contribution < -0.4 is 4.90 Å². The van der Waals surface area contributed by atoms with Crippen molar-refractivity contribution in [2.75, 3.05) is 23.5 Å². The Labute approximate surface area is 159 Å². The molecule has 27 heavy (non-hydrogen) atoms. The number of anilines is 1. The topological polar surface area (TPSA) is 103 Å². The second-order valence-corrected chi connectivity index (χ2v) is 10.7. The van der Waals surface area contributed by atoms with Gasteiger partial charge in [0.2, 0.25) is 0 Å². The molecule has 144 valence electrons. The molecule has 2 aliphatic carbocycles. The molecule has 1 N–H and O–H groups in total. The van der Waals surface area contributed by atoms with Crippen LogP contribution in [-0.2, 0) is 9.84 Å². The third kappa shape index (κ3) is 3.53. The molecule has 0 bridgehead atoms. The van der Waals surface area contributed by atoms with Crippen molar-refractivity contribution in [2.45, 2.75) is 38.6 Å².